The molecule has 8 heteroatoms. The van der Waals surface area contributed by atoms with Crippen LogP contribution in [0.2, 0.25) is 0 Å². The predicted molar refractivity (Wildman–Crippen MR) is 74.4 cm³/mol. The molecule has 1 aromatic rings. The molecule has 4 nitrogen and oxygen atoms in total. The van der Waals surface area contributed by atoms with E-state index in [0.717, 1.165) is 12.1 Å². The normalized spacial score (nSPS) is 13.1. The molecule has 1 rings (SSSR count). The van der Waals surface area contributed by atoms with E-state index in [0.29, 0.717) is 0 Å². The van der Waals surface area contributed by atoms with Gasteiger partial charge in [-0.15, -0.1) is 0 Å². The third-order valence-corrected chi connectivity index (χ3v) is 3.49. The summed E-state index contributed by atoms with van der Waals surface area (Å²) in [5.41, 5.74) is 3.99. The van der Waals surface area contributed by atoms with Crippen LogP contribution in [0.25, 0.3) is 0 Å². The van der Waals surface area contributed by atoms with E-state index in [4.69, 9.17) is 5.73 Å². The zero-order chi connectivity index (χ0) is 16.4. The number of primary amides is 1. The second-order valence-electron chi connectivity index (χ2n) is 4.79. The number of alkyl halides is 3. The lowest BCUT2D eigenvalue weighted by molar-refractivity contribution is -0.138. The molecule has 0 spiro atoms. The average Bonchev–Trinajstić information content (AvgIpc) is 2.33. The van der Waals surface area contributed by atoms with Crippen LogP contribution in [-0.2, 0) is 11.0 Å². The van der Waals surface area contributed by atoms with E-state index in [-0.39, 0.29) is 16.0 Å². The fraction of sp³-hybridized carbons (Fsp3) is 0.385. The van der Waals surface area contributed by atoms with E-state index in [9.17, 15) is 22.8 Å². The molecule has 0 aliphatic heterocycles. The Morgan fingerprint density at radius 1 is 1.29 bits per heavy atom. The van der Waals surface area contributed by atoms with Crippen LogP contribution in [0.1, 0.15) is 29.8 Å². The van der Waals surface area contributed by atoms with Crippen molar-refractivity contribution in [3.8, 4) is 0 Å². The predicted octanol–water partition coefficient (Wildman–Crippen LogP) is 2.71. The standard InChI is InChI=1S/C13H14BrF3N2O2/c1-6(2)10(11(18)20)19-12(21)7-3-4-9(14)8(5-7)13(15,16)17/h3-6,10H,1-2H3,(H2,18,20)(H,19,21). The zero-order valence-corrected chi connectivity index (χ0v) is 12.9. The van der Waals surface area contributed by atoms with E-state index in [2.05, 4.69) is 21.2 Å². The van der Waals surface area contributed by atoms with Gasteiger partial charge in [0.2, 0.25) is 5.91 Å². The molecular formula is C13H14BrF3N2O2. The summed E-state index contributed by atoms with van der Waals surface area (Å²) in [7, 11) is 0. The summed E-state index contributed by atoms with van der Waals surface area (Å²) in [4.78, 5) is 23.2. The van der Waals surface area contributed by atoms with E-state index in [1.165, 1.54) is 6.07 Å². The van der Waals surface area contributed by atoms with Crippen molar-refractivity contribution < 1.29 is 22.8 Å². The second-order valence-corrected chi connectivity index (χ2v) is 5.64. The third kappa shape index (κ3) is 4.45. The molecule has 0 aliphatic rings. The van der Waals surface area contributed by atoms with Gasteiger partial charge in [-0.25, -0.2) is 0 Å². The molecule has 0 saturated heterocycles. The van der Waals surface area contributed by atoms with Crippen molar-refractivity contribution in [2.45, 2.75) is 26.1 Å². The summed E-state index contributed by atoms with van der Waals surface area (Å²) in [6, 6.07) is 2.13. The molecule has 0 bridgehead atoms. The van der Waals surface area contributed by atoms with Gasteiger partial charge in [0, 0.05) is 10.0 Å². The average molecular weight is 367 g/mol. The summed E-state index contributed by atoms with van der Waals surface area (Å²) in [6.07, 6.45) is -4.59. The number of carbonyl (C=O) groups is 2. The molecule has 2 amide bonds. The van der Waals surface area contributed by atoms with Crippen LogP contribution in [0.15, 0.2) is 22.7 Å². The van der Waals surface area contributed by atoms with E-state index in [1.54, 1.807) is 13.8 Å². The monoisotopic (exact) mass is 366 g/mol. The Bertz CT molecular complexity index is 559. The van der Waals surface area contributed by atoms with E-state index in [1.807, 2.05) is 0 Å². The van der Waals surface area contributed by atoms with Crippen LogP contribution in [0, 0.1) is 5.92 Å². The Balaban J connectivity index is 3.06. The number of nitrogens with one attached hydrogen (secondary N) is 1. The van der Waals surface area contributed by atoms with Crippen LogP contribution in [0.5, 0.6) is 0 Å². The van der Waals surface area contributed by atoms with Crippen molar-refractivity contribution in [3.63, 3.8) is 0 Å². The first-order valence-electron chi connectivity index (χ1n) is 6.01. The van der Waals surface area contributed by atoms with Crippen LogP contribution in [-0.4, -0.2) is 17.9 Å². The molecule has 0 aliphatic carbocycles. The van der Waals surface area contributed by atoms with Crippen molar-refractivity contribution in [2.24, 2.45) is 11.7 Å². The molecule has 0 heterocycles. The maximum absolute atomic E-state index is 12.8. The maximum atomic E-state index is 12.8. The summed E-state index contributed by atoms with van der Waals surface area (Å²) >= 11 is 2.79. The number of amides is 2. The zero-order valence-electron chi connectivity index (χ0n) is 11.3. The molecule has 21 heavy (non-hydrogen) atoms. The highest BCUT2D eigenvalue weighted by molar-refractivity contribution is 9.10. The second kappa shape index (κ2) is 6.46. The van der Waals surface area contributed by atoms with Crippen molar-refractivity contribution in [2.75, 3.05) is 0 Å². The van der Waals surface area contributed by atoms with E-state index >= 15 is 0 Å². The minimum atomic E-state index is -4.59. The minimum Gasteiger partial charge on any atom is -0.368 e. The largest absolute Gasteiger partial charge is 0.417 e. The SMILES string of the molecule is CC(C)C(NC(=O)c1ccc(Br)c(C(F)(F)F)c1)C(N)=O. The minimum absolute atomic E-state index is 0.165. The van der Waals surface area contributed by atoms with E-state index < -0.39 is 29.6 Å². The number of halogens is 4. The highest BCUT2D eigenvalue weighted by atomic mass is 79.9. The van der Waals surface area contributed by atoms with Gasteiger partial charge in [-0.3, -0.25) is 9.59 Å². The Kier molecular flexibility index (Phi) is 5.38. The molecule has 0 fully saturated rings. The number of hydrogen-bond acceptors (Lipinski definition) is 2. The summed E-state index contributed by atoms with van der Waals surface area (Å²) < 4.78 is 38.2. The van der Waals surface area contributed by atoms with Gasteiger partial charge < -0.3 is 11.1 Å². The number of hydrogen-bond donors (Lipinski definition) is 2. The highest BCUT2D eigenvalue weighted by Gasteiger charge is 2.34. The van der Waals surface area contributed by atoms with Crippen LogP contribution in [0.4, 0.5) is 13.2 Å². The molecule has 1 aromatic carbocycles. The maximum Gasteiger partial charge on any atom is 0.417 e. The molecule has 0 aromatic heterocycles. The molecule has 3 N–H and O–H groups in total. The highest BCUT2D eigenvalue weighted by Crippen LogP contribution is 2.35. The van der Waals surface area contributed by atoms with Gasteiger partial charge in [0.15, 0.2) is 0 Å². The smallest absolute Gasteiger partial charge is 0.368 e. The lowest BCUT2D eigenvalue weighted by atomic mass is 10.0. The van der Waals surface area contributed by atoms with Crippen molar-refractivity contribution >= 4 is 27.7 Å². The summed E-state index contributed by atoms with van der Waals surface area (Å²) in [5, 5.41) is 2.33. The Labute approximate surface area is 128 Å². The van der Waals surface area contributed by atoms with Gasteiger partial charge in [-0.05, 0) is 24.1 Å². The first-order valence-corrected chi connectivity index (χ1v) is 6.80. The van der Waals surface area contributed by atoms with Crippen molar-refractivity contribution in [1.82, 2.24) is 5.32 Å². The Morgan fingerprint density at radius 3 is 2.29 bits per heavy atom. The quantitative estimate of drug-likeness (QED) is 0.859. The molecule has 0 radical (unpaired) electrons. The van der Waals surface area contributed by atoms with Crippen LogP contribution in [0.3, 0.4) is 0 Å². The van der Waals surface area contributed by atoms with Gasteiger partial charge in [-0.1, -0.05) is 29.8 Å². The fourth-order valence-electron chi connectivity index (χ4n) is 1.67. The molecule has 116 valence electrons. The topological polar surface area (TPSA) is 72.2 Å². The molecule has 1 atom stereocenters. The van der Waals surface area contributed by atoms with Gasteiger partial charge in [0.25, 0.3) is 5.91 Å². The Morgan fingerprint density at radius 2 is 1.86 bits per heavy atom. The third-order valence-electron chi connectivity index (χ3n) is 2.79. The number of carbonyl (C=O) groups excluding carboxylic acids is 2. The Hall–Kier alpha value is -1.57. The first kappa shape index (κ1) is 17.5. The summed E-state index contributed by atoms with van der Waals surface area (Å²) in [6.45, 7) is 3.33. The lowest BCUT2D eigenvalue weighted by Gasteiger charge is -2.19. The first-order chi connectivity index (χ1) is 9.54. The lowest BCUT2D eigenvalue weighted by Crippen LogP contribution is -2.47. The van der Waals surface area contributed by atoms with Gasteiger partial charge in [0.1, 0.15) is 6.04 Å². The van der Waals surface area contributed by atoms with Crippen molar-refractivity contribution in [1.29, 1.82) is 0 Å². The van der Waals surface area contributed by atoms with Crippen LogP contribution < -0.4 is 11.1 Å². The fourth-order valence-corrected chi connectivity index (χ4v) is 2.15. The number of nitrogens with two attached hydrogens (primary N) is 1. The molecule has 0 saturated carbocycles. The summed E-state index contributed by atoms with van der Waals surface area (Å²) in [5.74, 6) is -1.80. The van der Waals surface area contributed by atoms with Crippen LogP contribution >= 0.6 is 15.9 Å². The molecule has 1 unspecified atom stereocenters. The molecular weight excluding hydrogens is 353 g/mol. The van der Waals surface area contributed by atoms with Gasteiger partial charge >= 0.3 is 6.18 Å². The van der Waals surface area contributed by atoms with Gasteiger partial charge in [0.05, 0.1) is 5.56 Å². The van der Waals surface area contributed by atoms with Gasteiger partial charge in [-0.2, -0.15) is 13.2 Å². The number of benzene rings is 1. The van der Waals surface area contributed by atoms with Crippen molar-refractivity contribution in [3.05, 3.63) is 33.8 Å². The number of rotatable bonds is 4.